The minimum absolute atomic E-state index is 0.570. The van der Waals surface area contributed by atoms with E-state index in [1.54, 1.807) is 6.08 Å². The number of hydrogen-bond donors (Lipinski definition) is 1. The van der Waals surface area contributed by atoms with Gasteiger partial charge in [-0.25, -0.2) is 0 Å². The van der Waals surface area contributed by atoms with E-state index in [1.165, 1.54) is 5.56 Å². The van der Waals surface area contributed by atoms with Crippen LogP contribution in [0.4, 0.5) is 0 Å². The molecule has 78 valence electrons. The predicted molar refractivity (Wildman–Crippen MR) is 62.6 cm³/mol. The van der Waals surface area contributed by atoms with Gasteiger partial charge in [0, 0.05) is 6.42 Å². The fourth-order valence-corrected chi connectivity index (χ4v) is 2.17. The Balaban J connectivity index is 2.51. The quantitative estimate of drug-likeness (QED) is 0.728. The Hall–Kier alpha value is -1.34. The molecule has 0 saturated carbocycles. The molecule has 0 aromatic heterocycles. The number of aryl methyl sites for hydroxylation is 1. The average Bonchev–Trinajstić information content (AvgIpc) is 2.40. The normalized spacial score (nSPS) is 24.3. The number of aliphatic hydroxyl groups is 1. The van der Waals surface area contributed by atoms with Gasteiger partial charge in [-0.15, -0.1) is 6.58 Å². The molecule has 1 aromatic rings. The number of benzene rings is 1. The molecule has 1 unspecified atom stereocenters. The van der Waals surface area contributed by atoms with E-state index in [1.807, 2.05) is 24.3 Å². The summed E-state index contributed by atoms with van der Waals surface area (Å²) < 4.78 is 0. The molecule has 1 heteroatoms. The van der Waals surface area contributed by atoms with E-state index < -0.39 is 5.60 Å². The first-order chi connectivity index (χ1) is 7.26. The van der Waals surface area contributed by atoms with Crippen molar-refractivity contribution in [2.24, 2.45) is 0 Å². The third kappa shape index (κ3) is 1.88. The van der Waals surface area contributed by atoms with E-state index in [9.17, 15) is 5.11 Å². The van der Waals surface area contributed by atoms with Crippen LogP contribution in [0.25, 0.3) is 0 Å². The maximum absolute atomic E-state index is 10.5. The second-order valence-corrected chi connectivity index (χ2v) is 4.02. The van der Waals surface area contributed by atoms with Gasteiger partial charge in [0.2, 0.25) is 0 Å². The van der Waals surface area contributed by atoms with Crippen LogP contribution in [0.1, 0.15) is 24.0 Å². The van der Waals surface area contributed by atoms with Crippen molar-refractivity contribution in [2.45, 2.75) is 24.9 Å². The Labute approximate surface area is 90.8 Å². The highest BCUT2D eigenvalue weighted by Gasteiger charge is 2.27. The Kier molecular flexibility index (Phi) is 2.74. The molecule has 1 aliphatic carbocycles. The van der Waals surface area contributed by atoms with Crippen LogP contribution >= 0.6 is 0 Å². The van der Waals surface area contributed by atoms with Gasteiger partial charge in [-0.1, -0.05) is 42.5 Å². The molecule has 0 bridgehead atoms. The van der Waals surface area contributed by atoms with Crippen LogP contribution in [0.3, 0.4) is 0 Å². The number of fused-ring (bicyclic) bond motifs is 1. The van der Waals surface area contributed by atoms with Gasteiger partial charge >= 0.3 is 0 Å². The monoisotopic (exact) mass is 200 g/mol. The average molecular weight is 200 g/mol. The molecule has 1 aromatic carbocycles. The first-order valence-electron chi connectivity index (χ1n) is 5.35. The molecule has 0 radical (unpaired) electrons. The van der Waals surface area contributed by atoms with Gasteiger partial charge in [0.05, 0.1) is 0 Å². The molecular formula is C14H16O. The molecule has 0 amide bonds. The molecule has 1 N–H and O–H groups in total. The van der Waals surface area contributed by atoms with Gasteiger partial charge in [0.25, 0.3) is 0 Å². The molecule has 1 nitrogen and oxygen atoms in total. The number of rotatable bonds is 2. The van der Waals surface area contributed by atoms with Crippen molar-refractivity contribution < 1.29 is 5.11 Å². The van der Waals surface area contributed by atoms with Crippen LogP contribution in [0.5, 0.6) is 0 Å². The standard InChI is InChI=1S/C14H16O/c1-2-10-14(15)11-6-5-8-12-7-3-4-9-13(12)14/h2-4,6-7,9,11,15H,1,5,8,10H2. The summed E-state index contributed by atoms with van der Waals surface area (Å²) >= 11 is 0. The topological polar surface area (TPSA) is 20.2 Å². The van der Waals surface area contributed by atoms with Gasteiger partial charge in [0.15, 0.2) is 0 Å². The van der Waals surface area contributed by atoms with E-state index in [0.717, 1.165) is 18.4 Å². The Morgan fingerprint density at radius 3 is 3.00 bits per heavy atom. The van der Waals surface area contributed by atoms with Crippen molar-refractivity contribution in [3.63, 3.8) is 0 Å². The lowest BCUT2D eigenvalue weighted by Gasteiger charge is -2.25. The maximum Gasteiger partial charge on any atom is 0.111 e. The van der Waals surface area contributed by atoms with Crippen molar-refractivity contribution in [1.29, 1.82) is 0 Å². The van der Waals surface area contributed by atoms with Crippen LogP contribution in [0, 0.1) is 0 Å². The van der Waals surface area contributed by atoms with Gasteiger partial charge in [-0.3, -0.25) is 0 Å². The third-order valence-corrected chi connectivity index (χ3v) is 2.91. The lowest BCUT2D eigenvalue weighted by atomic mass is 9.87. The minimum atomic E-state index is -0.852. The second kappa shape index (κ2) is 4.03. The molecule has 0 fully saturated rings. The van der Waals surface area contributed by atoms with Crippen LogP contribution in [-0.2, 0) is 12.0 Å². The first kappa shape index (κ1) is 10.2. The van der Waals surface area contributed by atoms with E-state index in [2.05, 4.69) is 18.7 Å². The highest BCUT2D eigenvalue weighted by molar-refractivity contribution is 5.38. The number of hydrogen-bond acceptors (Lipinski definition) is 1. The molecule has 0 heterocycles. The largest absolute Gasteiger partial charge is 0.381 e. The molecule has 0 aliphatic heterocycles. The summed E-state index contributed by atoms with van der Waals surface area (Å²) in [5.41, 5.74) is 1.42. The summed E-state index contributed by atoms with van der Waals surface area (Å²) in [4.78, 5) is 0. The summed E-state index contributed by atoms with van der Waals surface area (Å²) in [6.45, 7) is 3.71. The van der Waals surface area contributed by atoms with E-state index >= 15 is 0 Å². The zero-order valence-electron chi connectivity index (χ0n) is 8.82. The smallest absolute Gasteiger partial charge is 0.111 e. The Morgan fingerprint density at radius 2 is 2.20 bits per heavy atom. The van der Waals surface area contributed by atoms with E-state index in [4.69, 9.17) is 0 Å². The van der Waals surface area contributed by atoms with E-state index in [0.29, 0.717) is 6.42 Å². The second-order valence-electron chi connectivity index (χ2n) is 4.02. The summed E-state index contributed by atoms with van der Waals surface area (Å²) in [7, 11) is 0. The first-order valence-corrected chi connectivity index (χ1v) is 5.35. The molecule has 2 rings (SSSR count). The minimum Gasteiger partial charge on any atom is -0.381 e. The maximum atomic E-state index is 10.5. The van der Waals surface area contributed by atoms with Crippen molar-refractivity contribution in [3.8, 4) is 0 Å². The SMILES string of the molecule is C=CCC1(O)C=CCCc2ccccc21. The van der Waals surface area contributed by atoms with Crippen LogP contribution in [0.2, 0.25) is 0 Å². The summed E-state index contributed by atoms with van der Waals surface area (Å²) in [6, 6.07) is 8.11. The van der Waals surface area contributed by atoms with Gasteiger partial charge in [-0.2, -0.15) is 0 Å². The zero-order chi connectivity index (χ0) is 10.7. The van der Waals surface area contributed by atoms with Crippen molar-refractivity contribution in [3.05, 3.63) is 60.2 Å². The van der Waals surface area contributed by atoms with Gasteiger partial charge < -0.3 is 5.11 Å². The fraction of sp³-hybridized carbons (Fsp3) is 0.286. The lowest BCUT2D eigenvalue weighted by molar-refractivity contribution is 0.0926. The highest BCUT2D eigenvalue weighted by atomic mass is 16.3. The Bertz CT molecular complexity index is 392. The van der Waals surface area contributed by atoms with Gasteiger partial charge in [-0.05, 0) is 24.0 Å². The van der Waals surface area contributed by atoms with E-state index in [-0.39, 0.29) is 0 Å². The molecule has 1 atom stereocenters. The molecular weight excluding hydrogens is 184 g/mol. The zero-order valence-corrected chi connectivity index (χ0v) is 8.82. The molecule has 0 saturated heterocycles. The van der Waals surface area contributed by atoms with Crippen LogP contribution in [-0.4, -0.2) is 5.11 Å². The van der Waals surface area contributed by atoms with Crippen molar-refractivity contribution >= 4 is 0 Å². The summed E-state index contributed by atoms with van der Waals surface area (Å²) in [5.74, 6) is 0. The highest BCUT2D eigenvalue weighted by Crippen LogP contribution is 2.32. The predicted octanol–water partition coefficient (Wildman–Crippen LogP) is 2.95. The fourth-order valence-electron chi connectivity index (χ4n) is 2.17. The lowest BCUT2D eigenvalue weighted by Crippen LogP contribution is -2.22. The molecule has 1 aliphatic rings. The Morgan fingerprint density at radius 1 is 1.40 bits per heavy atom. The summed E-state index contributed by atoms with van der Waals surface area (Å²) in [5, 5.41) is 10.5. The van der Waals surface area contributed by atoms with Gasteiger partial charge in [0.1, 0.15) is 5.60 Å². The summed E-state index contributed by atoms with van der Waals surface area (Å²) in [6.07, 6.45) is 8.31. The molecule has 0 spiro atoms. The number of allylic oxidation sites excluding steroid dienone is 1. The molecule has 15 heavy (non-hydrogen) atoms. The van der Waals surface area contributed by atoms with Crippen molar-refractivity contribution in [2.75, 3.05) is 0 Å². The van der Waals surface area contributed by atoms with Crippen LogP contribution < -0.4 is 0 Å². The third-order valence-electron chi connectivity index (χ3n) is 2.91. The van der Waals surface area contributed by atoms with Crippen LogP contribution in [0.15, 0.2) is 49.1 Å². The van der Waals surface area contributed by atoms with Crippen molar-refractivity contribution in [1.82, 2.24) is 0 Å².